The third kappa shape index (κ3) is 7.99. The van der Waals surface area contributed by atoms with E-state index in [1.165, 1.54) is 42.3 Å². The van der Waals surface area contributed by atoms with Crippen molar-refractivity contribution >= 4 is 55.1 Å². The van der Waals surface area contributed by atoms with Gasteiger partial charge in [0.05, 0.1) is 17.7 Å². The number of hydrogen-bond acceptors (Lipinski definition) is 5. The molecule has 0 saturated heterocycles. The first kappa shape index (κ1) is 31.4. The standard InChI is InChI=1S/C29H33BrClN3O5S/c1-5-20(2)32-29(36)21(3)33(18-22-9-11-23(30)12-10-22)28(35)19-34(25-8-6-7-24(31)17-25)40(37,38)27-15-13-26(39-4)14-16-27/h6-17,20-21H,5,18-19H2,1-4H3,(H,32,36)/t20-,21-/m0/s1. The molecule has 0 aromatic heterocycles. The van der Waals surface area contributed by atoms with Gasteiger partial charge in [0, 0.05) is 22.1 Å². The molecular weight excluding hydrogens is 618 g/mol. The molecule has 3 aromatic carbocycles. The highest BCUT2D eigenvalue weighted by Crippen LogP contribution is 2.28. The monoisotopic (exact) mass is 649 g/mol. The number of carbonyl (C=O) groups is 2. The molecule has 3 aromatic rings. The van der Waals surface area contributed by atoms with Crippen LogP contribution in [0.25, 0.3) is 0 Å². The number of sulfonamides is 1. The van der Waals surface area contributed by atoms with Crippen molar-refractivity contribution in [3.8, 4) is 5.75 Å². The minimum Gasteiger partial charge on any atom is -0.497 e. The van der Waals surface area contributed by atoms with Crippen molar-refractivity contribution < 1.29 is 22.7 Å². The van der Waals surface area contributed by atoms with Gasteiger partial charge >= 0.3 is 0 Å². The Morgan fingerprint density at radius 1 is 1.02 bits per heavy atom. The summed E-state index contributed by atoms with van der Waals surface area (Å²) in [7, 11) is -2.72. The summed E-state index contributed by atoms with van der Waals surface area (Å²) in [6.45, 7) is 5.02. The van der Waals surface area contributed by atoms with E-state index in [2.05, 4.69) is 21.2 Å². The van der Waals surface area contributed by atoms with Crippen LogP contribution in [-0.4, -0.2) is 50.9 Å². The fraction of sp³-hybridized carbons (Fsp3) is 0.310. The van der Waals surface area contributed by atoms with Crippen molar-refractivity contribution in [2.75, 3.05) is 18.0 Å². The van der Waals surface area contributed by atoms with Crippen LogP contribution in [0, 0.1) is 0 Å². The summed E-state index contributed by atoms with van der Waals surface area (Å²) >= 11 is 9.62. The van der Waals surface area contributed by atoms with E-state index in [9.17, 15) is 18.0 Å². The van der Waals surface area contributed by atoms with E-state index in [1.54, 1.807) is 25.1 Å². The molecule has 214 valence electrons. The molecule has 0 aliphatic rings. The number of hydrogen-bond donors (Lipinski definition) is 1. The number of ether oxygens (including phenoxy) is 1. The van der Waals surface area contributed by atoms with Crippen LogP contribution in [-0.2, 0) is 26.2 Å². The summed E-state index contributed by atoms with van der Waals surface area (Å²) in [6.07, 6.45) is 0.724. The molecule has 0 aliphatic carbocycles. The fourth-order valence-corrected chi connectivity index (χ4v) is 5.72. The molecule has 0 unspecified atom stereocenters. The molecule has 40 heavy (non-hydrogen) atoms. The molecule has 2 amide bonds. The van der Waals surface area contributed by atoms with Gasteiger partial charge in [0.15, 0.2) is 0 Å². The predicted molar refractivity (Wildman–Crippen MR) is 161 cm³/mol. The van der Waals surface area contributed by atoms with E-state index in [0.29, 0.717) is 10.8 Å². The fourth-order valence-electron chi connectivity index (χ4n) is 3.87. The number of anilines is 1. The summed E-state index contributed by atoms with van der Waals surface area (Å²) in [5, 5.41) is 3.23. The number of methoxy groups -OCH3 is 1. The van der Waals surface area contributed by atoms with E-state index in [4.69, 9.17) is 16.3 Å². The van der Waals surface area contributed by atoms with E-state index in [1.807, 2.05) is 38.1 Å². The van der Waals surface area contributed by atoms with Crippen LogP contribution in [0.2, 0.25) is 5.02 Å². The first-order chi connectivity index (χ1) is 19.0. The minimum absolute atomic E-state index is 0.0249. The molecule has 0 radical (unpaired) electrons. The van der Waals surface area contributed by atoms with Gasteiger partial charge in [-0.25, -0.2) is 8.42 Å². The SMILES string of the molecule is CC[C@H](C)NC(=O)[C@H](C)N(Cc1ccc(Br)cc1)C(=O)CN(c1cccc(Cl)c1)S(=O)(=O)c1ccc(OC)cc1. The second-order valence-electron chi connectivity index (χ2n) is 9.31. The quantitative estimate of drug-likeness (QED) is 0.274. The van der Waals surface area contributed by atoms with Crippen molar-refractivity contribution in [1.82, 2.24) is 10.2 Å². The van der Waals surface area contributed by atoms with E-state index < -0.39 is 28.5 Å². The number of carbonyl (C=O) groups excluding carboxylic acids is 2. The van der Waals surface area contributed by atoms with Gasteiger partial charge in [-0.3, -0.25) is 13.9 Å². The number of rotatable bonds is 12. The van der Waals surface area contributed by atoms with Crippen LogP contribution in [0.15, 0.2) is 82.2 Å². The maximum absolute atomic E-state index is 13.9. The van der Waals surface area contributed by atoms with E-state index >= 15 is 0 Å². The Morgan fingerprint density at radius 2 is 1.68 bits per heavy atom. The molecule has 0 fully saturated rings. The molecule has 0 saturated carbocycles. The van der Waals surface area contributed by atoms with Gasteiger partial charge in [0.2, 0.25) is 11.8 Å². The summed E-state index contributed by atoms with van der Waals surface area (Å²) < 4.78 is 34.8. The van der Waals surface area contributed by atoms with E-state index in [0.717, 1.165) is 20.8 Å². The third-order valence-corrected chi connectivity index (χ3v) is 9.01. The molecule has 0 spiro atoms. The molecule has 0 aliphatic heterocycles. The van der Waals surface area contributed by atoms with Crippen LogP contribution in [0.3, 0.4) is 0 Å². The van der Waals surface area contributed by atoms with Crippen molar-refractivity contribution in [2.24, 2.45) is 0 Å². The lowest BCUT2D eigenvalue weighted by molar-refractivity contribution is -0.139. The Balaban J connectivity index is 2.02. The molecule has 0 bridgehead atoms. The Hall–Kier alpha value is -3.08. The summed E-state index contributed by atoms with van der Waals surface area (Å²) in [4.78, 5) is 28.4. The lowest BCUT2D eigenvalue weighted by Gasteiger charge is -2.32. The smallest absolute Gasteiger partial charge is 0.264 e. The second-order valence-corrected chi connectivity index (χ2v) is 12.5. The lowest BCUT2D eigenvalue weighted by atomic mass is 10.1. The van der Waals surface area contributed by atoms with Crippen molar-refractivity contribution in [1.29, 1.82) is 0 Å². The zero-order valence-electron chi connectivity index (χ0n) is 22.8. The van der Waals surface area contributed by atoms with Gasteiger partial charge in [-0.15, -0.1) is 0 Å². The molecule has 1 N–H and O–H groups in total. The number of halogens is 2. The van der Waals surface area contributed by atoms with E-state index in [-0.39, 0.29) is 29.1 Å². The lowest BCUT2D eigenvalue weighted by Crippen LogP contribution is -2.52. The van der Waals surface area contributed by atoms with Crippen molar-refractivity contribution in [3.05, 3.63) is 87.9 Å². The maximum Gasteiger partial charge on any atom is 0.264 e. The number of nitrogens with zero attached hydrogens (tertiary/aromatic N) is 2. The Kier molecular flexibility index (Phi) is 11.0. The van der Waals surface area contributed by atoms with Gasteiger partial charge in [-0.2, -0.15) is 0 Å². The predicted octanol–water partition coefficient (Wildman–Crippen LogP) is 5.64. The zero-order chi connectivity index (χ0) is 29.4. The molecular formula is C29H33BrClN3O5S. The summed E-state index contributed by atoms with van der Waals surface area (Å²) in [5.41, 5.74) is 1.00. The van der Waals surface area contributed by atoms with Gasteiger partial charge in [0.1, 0.15) is 18.3 Å². The molecule has 8 nitrogen and oxygen atoms in total. The van der Waals surface area contributed by atoms with Gasteiger partial charge in [0.25, 0.3) is 10.0 Å². The zero-order valence-corrected chi connectivity index (χ0v) is 26.0. The van der Waals surface area contributed by atoms with Gasteiger partial charge in [-0.05, 0) is 80.4 Å². The Morgan fingerprint density at radius 3 is 2.25 bits per heavy atom. The summed E-state index contributed by atoms with van der Waals surface area (Å²) in [6, 6.07) is 18.6. The highest BCUT2D eigenvalue weighted by atomic mass is 79.9. The van der Waals surface area contributed by atoms with Crippen LogP contribution in [0.1, 0.15) is 32.8 Å². The average Bonchev–Trinajstić information content (AvgIpc) is 2.94. The van der Waals surface area contributed by atoms with Crippen LogP contribution < -0.4 is 14.4 Å². The maximum atomic E-state index is 13.9. The number of nitrogens with one attached hydrogen (secondary N) is 1. The second kappa shape index (κ2) is 14.0. The van der Waals surface area contributed by atoms with Crippen molar-refractivity contribution in [3.63, 3.8) is 0 Å². The largest absolute Gasteiger partial charge is 0.497 e. The molecule has 11 heteroatoms. The highest BCUT2D eigenvalue weighted by Gasteiger charge is 2.33. The van der Waals surface area contributed by atoms with Gasteiger partial charge < -0.3 is 15.0 Å². The normalized spacial score (nSPS) is 12.8. The van der Waals surface area contributed by atoms with Crippen LogP contribution in [0.4, 0.5) is 5.69 Å². The Bertz CT molecular complexity index is 1420. The Labute approximate surface area is 249 Å². The number of amides is 2. The first-order valence-corrected chi connectivity index (χ1v) is 15.3. The summed E-state index contributed by atoms with van der Waals surface area (Å²) in [5.74, 6) is -0.384. The van der Waals surface area contributed by atoms with Crippen LogP contribution >= 0.6 is 27.5 Å². The number of benzene rings is 3. The van der Waals surface area contributed by atoms with Crippen molar-refractivity contribution in [2.45, 2.75) is 50.7 Å². The molecule has 3 rings (SSSR count). The minimum atomic E-state index is -4.21. The third-order valence-electron chi connectivity index (χ3n) is 6.46. The highest BCUT2D eigenvalue weighted by molar-refractivity contribution is 9.10. The van der Waals surface area contributed by atoms with Gasteiger partial charge in [-0.1, -0.05) is 52.7 Å². The molecule has 0 heterocycles. The first-order valence-electron chi connectivity index (χ1n) is 12.7. The molecule has 2 atom stereocenters. The average molecular weight is 651 g/mol. The topological polar surface area (TPSA) is 96.0 Å². The van der Waals surface area contributed by atoms with Crippen LogP contribution in [0.5, 0.6) is 5.75 Å².